The predicted molar refractivity (Wildman–Crippen MR) is 76.7 cm³/mol. The van der Waals surface area contributed by atoms with Gasteiger partial charge in [0.15, 0.2) is 5.84 Å². The third-order valence-electron chi connectivity index (χ3n) is 2.82. The molecule has 1 aromatic rings. The number of anilines is 1. The normalized spacial score (nSPS) is 11.9. The zero-order chi connectivity index (χ0) is 13.7. The van der Waals surface area contributed by atoms with Crippen molar-refractivity contribution in [3.63, 3.8) is 0 Å². The van der Waals surface area contributed by atoms with Gasteiger partial charge in [0, 0.05) is 24.8 Å². The van der Waals surface area contributed by atoms with Gasteiger partial charge in [-0.2, -0.15) is 0 Å². The fraction of sp³-hybridized carbons (Fsp3) is 0.462. The summed E-state index contributed by atoms with van der Waals surface area (Å²) in [4.78, 5) is 2.14. The third kappa shape index (κ3) is 3.81. The molecule has 0 aliphatic heterocycles. The van der Waals surface area contributed by atoms with Crippen LogP contribution in [0.1, 0.15) is 25.8 Å². The molecule has 0 aliphatic carbocycles. The Labute approximate surface area is 113 Å². The number of oxime groups is 1. The molecular formula is C13H20ClN3O. The summed E-state index contributed by atoms with van der Waals surface area (Å²) in [5.41, 5.74) is 7.09. The Hall–Kier alpha value is -1.42. The van der Waals surface area contributed by atoms with Crippen molar-refractivity contribution < 1.29 is 5.21 Å². The molecule has 0 heterocycles. The molecule has 100 valence electrons. The highest BCUT2D eigenvalue weighted by atomic mass is 35.5. The molecule has 0 bridgehead atoms. The van der Waals surface area contributed by atoms with E-state index in [-0.39, 0.29) is 5.84 Å². The van der Waals surface area contributed by atoms with Crippen LogP contribution in [0, 0.1) is 5.92 Å². The number of benzene rings is 1. The van der Waals surface area contributed by atoms with Crippen LogP contribution in [0.15, 0.2) is 23.4 Å². The number of amidine groups is 1. The van der Waals surface area contributed by atoms with E-state index >= 15 is 0 Å². The molecule has 5 heteroatoms. The summed E-state index contributed by atoms with van der Waals surface area (Å²) in [5, 5.41) is 12.1. The summed E-state index contributed by atoms with van der Waals surface area (Å²) in [6.07, 6.45) is 1.12. The smallest absolute Gasteiger partial charge is 0.171 e. The molecule has 1 rings (SSSR count). The van der Waals surface area contributed by atoms with E-state index in [0.717, 1.165) is 18.7 Å². The molecule has 1 aromatic carbocycles. The summed E-state index contributed by atoms with van der Waals surface area (Å²) in [7, 11) is 2.03. The number of halogens is 1. The molecule has 0 saturated heterocycles. The van der Waals surface area contributed by atoms with Gasteiger partial charge in [0.25, 0.3) is 0 Å². The van der Waals surface area contributed by atoms with Gasteiger partial charge in [-0.25, -0.2) is 0 Å². The number of nitrogens with zero attached hydrogens (tertiary/aromatic N) is 2. The number of nitrogens with two attached hydrogens (primary N) is 1. The lowest BCUT2D eigenvalue weighted by Crippen LogP contribution is -2.20. The summed E-state index contributed by atoms with van der Waals surface area (Å²) >= 11 is 6.11. The minimum atomic E-state index is 0.0244. The Morgan fingerprint density at radius 3 is 2.67 bits per heavy atom. The molecule has 0 amide bonds. The number of hydrogen-bond donors (Lipinski definition) is 2. The second kappa shape index (κ2) is 6.50. The number of hydrogen-bond acceptors (Lipinski definition) is 3. The van der Waals surface area contributed by atoms with Gasteiger partial charge in [0.1, 0.15) is 0 Å². The van der Waals surface area contributed by atoms with E-state index < -0.39 is 0 Å². The molecule has 0 saturated carbocycles. The molecule has 0 aliphatic rings. The van der Waals surface area contributed by atoms with E-state index in [2.05, 4.69) is 23.9 Å². The van der Waals surface area contributed by atoms with E-state index in [1.807, 2.05) is 19.2 Å². The standard InChI is InChI=1S/C13H20ClN3O/c1-9(2)6-7-17(3)10-4-5-11(12(14)8-10)13(15)16-18/h4-5,8-9,18H,6-7H2,1-3H3,(H2,15,16). The van der Waals surface area contributed by atoms with Crippen LogP contribution in [0.2, 0.25) is 5.02 Å². The van der Waals surface area contributed by atoms with Crippen LogP contribution in [0.3, 0.4) is 0 Å². The van der Waals surface area contributed by atoms with E-state index in [1.54, 1.807) is 6.07 Å². The van der Waals surface area contributed by atoms with Crippen LogP contribution in [0.4, 0.5) is 5.69 Å². The molecule has 4 nitrogen and oxygen atoms in total. The average Bonchev–Trinajstić information content (AvgIpc) is 2.34. The summed E-state index contributed by atoms with van der Waals surface area (Å²) < 4.78 is 0. The minimum absolute atomic E-state index is 0.0244. The third-order valence-corrected chi connectivity index (χ3v) is 3.13. The SMILES string of the molecule is CC(C)CCN(C)c1ccc(C(N)=NO)c(Cl)c1. The van der Waals surface area contributed by atoms with Crippen molar-refractivity contribution in [3.8, 4) is 0 Å². The molecule has 18 heavy (non-hydrogen) atoms. The molecule has 0 spiro atoms. The van der Waals surface area contributed by atoms with Gasteiger partial charge in [-0.15, -0.1) is 0 Å². The van der Waals surface area contributed by atoms with Crippen LogP contribution in [0.5, 0.6) is 0 Å². The highest BCUT2D eigenvalue weighted by Gasteiger charge is 2.09. The van der Waals surface area contributed by atoms with Crippen molar-refractivity contribution in [2.45, 2.75) is 20.3 Å². The van der Waals surface area contributed by atoms with Gasteiger partial charge in [-0.1, -0.05) is 30.6 Å². The summed E-state index contributed by atoms with van der Waals surface area (Å²) in [6, 6.07) is 5.51. The second-order valence-corrected chi connectivity index (χ2v) is 5.16. The zero-order valence-corrected chi connectivity index (χ0v) is 11.8. The van der Waals surface area contributed by atoms with Gasteiger partial charge in [-0.3, -0.25) is 0 Å². The summed E-state index contributed by atoms with van der Waals surface area (Å²) in [6.45, 7) is 5.36. The monoisotopic (exact) mass is 269 g/mol. The fourth-order valence-electron chi connectivity index (χ4n) is 1.58. The Bertz CT molecular complexity index is 432. The summed E-state index contributed by atoms with van der Waals surface area (Å²) in [5.74, 6) is 0.691. The minimum Gasteiger partial charge on any atom is -0.409 e. The molecule has 3 N–H and O–H groups in total. The van der Waals surface area contributed by atoms with Crippen LogP contribution in [0.25, 0.3) is 0 Å². The van der Waals surface area contributed by atoms with Gasteiger partial charge in [0.05, 0.1) is 5.02 Å². The molecule has 0 aromatic heterocycles. The maximum atomic E-state index is 8.63. The van der Waals surface area contributed by atoms with Crippen molar-refractivity contribution in [2.75, 3.05) is 18.5 Å². The quantitative estimate of drug-likeness (QED) is 0.374. The Balaban J connectivity index is 2.84. The van der Waals surface area contributed by atoms with Crippen molar-refractivity contribution in [1.82, 2.24) is 0 Å². The van der Waals surface area contributed by atoms with Gasteiger partial charge in [0.2, 0.25) is 0 Å². The van der Waals surface area contributed by atoms with Gasteiger partial charge in [-0.05, 0) is 30.5 Å². The molecule has 0 radical (unpaired) electrons. The van der Waals surface area contributed by atoms with E-state index in [9.17, 15) is 0 Å². The average molecular weight is 270 g/mol. The van der Waals surface area contributed by atoms with Crippen LogP contribution in [-0.2, 0) is 0 Å². The van der Waals surface area contributed by atoms with E-state index in [1.165, 1.54) is 0 Å². The first-order valence-electron chi connectivity index (χ1n) is 5.94. The van der Waals surface area contributed by atoms with Crippen molar-refractivity contribution in [2.24, 2.45) is 16.8 Å². The lowest BCUT2D eigenvalue weighted by atomic mass is 10.1. The highest BCUT2D eigenvalue weighted by Crippen LogP contribution is 2.23. The molecule has 0 unspecified atom stereocenters. The Kier molecular flexibility index (Phi) is 5.28. The van der Waals surface area contributed by atoms with Crippen LogP contribution < -0.4 is 10.6 Å². The lowest BCUT2D eigenvalue weighted by molar-refractivity contribution is 0.318. The maximum absolute atomic E-state index is 8.63. The number of rotatable bonds is 5. The van der Waals surface area contributed by atoms with Gasteiger partial charge < -0.3 is 15.8 Å². The van der Waals surface area contributed by atoms with Crippen molar-refractivity contribution >= 4 is 23.1 Å². The lowest BCUT2D eigenvalue weighted by Gasteiger charge is -2.21. The van der Waals surface area contributed by atoms with Gasteiger partial charge >= 0.3 is 0 Å². The molecule has 0 fully saturated rings. The Morgan fingerprint density at radius 2 is 2.17 bits per heavy atom. The Morgan fingerprint density at radius 1 is 1.50 bits per heavy atom. The highest BCUT2D eigenvalue weighted by molar-refractivity contribution is 6.34. The molecular weight excluding hydrogens is 250 g/mol. The first-order valence-corrected chi connectivity index (χ1v) is 6.32. The maximum Gasteiger partial charge on any atom is 0.171 e. The van der Waals surface area contributed by atoms with E-state index in [0.29, 0.717) is 16.5 Å². The van der Waals surface area contributed by atoms with Crippen LogP contribution in [-0.4, -0.2) is 24.6 Å². The molecule has 0 atom stereocenters. The van der Waals surface area contributed by atoms with Crippen molar-refractivity contribution in [3.05, 3.63) is 28.8 Å². The largest absolute Gasteiger partial charge is 0.409 e. The first kappa shape index (κ1) is 14.6. The second-order valence-electron chi connectivity index (χ2n) is 4.75. The van der Waals surface area contributed by atoms with E-state index in [4.69, 9.17) is 22.5 Å². The predicted octanol–water partition coefficient (Wildman–Crippen LogP) is 2.92. The van der Waals surface area contributed by atoms with Crippen LogP contribution >= 0.6 is 11.6 Å². The topological polar surface area (TPSA) is 61.8 Å². The zero-order valence-electron chi connectivity index (χ0n) is 11.0. The van der Waals surface area contributed by atoms with Crippen molar-refractivity contribution in [1.29, 1.82) is 0 Å². The fourth-order valence-corrected chi connectivity index (χ4v) is 1.86. The first-order chi connectivity index (χ1) is 8.45.